The van der Waals surface area contributed by atoms with Crippen molar-refractivity contribution in [2.75, 3.05) is 21.3 Å². The van der Waals surface area contributed by atoms with Crippen molar-refractivity contribution in [3.05, 3.63) is 59.4 Å². The van der Waals surface area contributed by atoms with Crippen LogP contribution in [0.5, 0.6) is 17.2 Å². The second-order valence-corrected chi connectivity index (χ2v) is 10.5. The Hall–Kier alpha value is -3.79. The van der Waals surface area contributed by atoms with E-state index in [0.29, 0.717) is 50.0 Å². The molecule has 5 rings (SSSR count). The van der Waals surface area contributed by atoms with Gasteiger partial charge >= 0.3 is 0 Å². The Labute approximate surface area is 225 Å². The molecule has 0 radical (unpaired) electrons. The summed E-state index contributed by atoms with van der Waals surface area (Å²) in [6, 6.07) is 13.7. The number of nitrogens with zero attached hydrogens (tertiary/aromatic N) is 5. The highest BCUT2D eigenvalue weighted by molar-refractivity contribution is 8.01. The molecule has 0 aliphatic heterocycles. The number of aromatic amines is 1. The van der Waals surface area contributed by atoms with E-state index in [2.05, 4.69) is 21.0 Å². The van der Waals surface area contributed by atoms with E-state index in [0.717, 1.165) is 21.2 Å². The van der Waals surface area contributed by atoms with Gasteiger partial charge in [0.1, 0.15) is 22.5 Å². The summed E-state index contributed by atoms with van der Waals surface area (Å²) in [6.45, 7) is 0. The lowest BCUT2D eigenvalue weighted by Crippen LogP contribution is -2.01. The molecule has 2 aromatic carbocycles. The predicted molar refractivity (Wildman–Crippen MR) is 144 cm³/mol. The molecule has 37 heavy (non-hydrogen) atoms. The van der Waals surface area contributed by atoms with Gasteiger partial charge < -0.3 is 19.2 Å². The van der Waals surface area contributed by atoms with Gasteiger partial charge in [-0.1, -0.05) is 23.9 Å². The number of hydrogen-bond donors (Lipinski definition) is 1. The van der Waals surface area contributed by atoms with Crippen LogP contribution in [0.3, 0.4) is 0 Å². The van der Waals surface area contributed by atoms with Gasteiger partial charge in [-0.2, -0.15) is 5.26 Å². The lowest BCUT2D eigenvalue weighted by atomic mass is 10.1. The molecule has 186 valence electrons. The van der Waals surface area contributed by atoms with Crippen molar-refractivity contribution in [2.45, 2.75) is 20.3 Å². The maximum atomic E-state index is 10.2. The molecule has 9 nitrogen and oxygen atoms in total. The fourth-order valence-corrected chi connectivity index (χ4v) is 6.02. The summed E-state index contributed by atoms with van der Waals surface area (Å²) in [4.78, 5) is 21.8. The average molecular weight is 549 g/mol. The predicted octanol–water partition coefficient (Wildman–Crippen LogP) is 5.82. The van der Waals surface area contributed by atoms with Gasteiger partial charge in [0.15, 0.2) is 21.0 Å². The van der Waals surface area contributed by atoms with Gasteiger partial charge in [0.2, 0.25) is 5.75 Å². The molecule has 0 spiro atoms. The number of fused-ring (bicyclic) bond motifs is 1. The van der Waals surface area contributed by atoms with Gasteiger partial charge in [-0.15, -0.1) is 11.3 Å². The highest BCUT2D eigenvalue weighted by atomic mass is 32.2. The lowest BCUT2D eigenvalue weighted by Gasteiger charge is -2.15. The van der Waals surface area contributed by atoms with Gasteiger partial charge in [-0.3, -0.25) is 0 Å². The van der Waals surface area contributed by atoms with Crippen LogP contribution in [0.2, 0.25) is 0 Å². The van der Waals surface area contributed by atoms with E-state index in [-0.39, 0.29) is 0 Å². The fourth-order valence-electron chi connectivity index (χ4n) is 3.64. The zero-order valence-corrected chi connectivity index (χ0v) is 22.5. The van der Waals surface area contributed by atoms with Crippen molar-refractivity contribution in [3.63, 3.8) is 0 Å². The lowest BCUT2D eigenvalue weighted by molar-refractivity contribution is 0.324. The van der Waals surface area contributed by atoms with Crippen LogP contribution >= 0.6 is 34.9 Å². The summed E-state index contributed by atoms with van der Waals surface area (Å²) in [5.41, 5.74) is 3.31. The molecule has 0 atom stereocenters. The SMILES string of the molecule is COc1cc(-c2nc(SCc3nc4ccccc4[nH]3)nc(Sc3nccs3)c2C#N)cc(OC)c1OC. The largest absolute Gasteiger partial charge is 0.493 e. The quantitative estimate of drug-likeness (QED) is 0.137. The molecular weight excluding hydrogens is 529 g/mol. The molecule has 1 N–H and O–H groups in total. The standard InChI is InChI=1S/C25H20N6O3S3/c1-32-18-10-14(11-19(33-2)22(18)34-3)21-15(12-26)23(37-25-27-8-9-35-25)31-24(30-21)36-13-20-28-16-6-4-5-7-17(16)29-20/h4-11H,13H2,1-3H3,(H,28,29). The molecule has 0 saturated heterocycles. The first-order valence-corrected chi connectivity index (χ1v) is 13.6. The van der Waals surface area contributed by atoms with E-state index in [4.69, 9.17) is 24.2 Å². The van der Waals surface area contributed by atoms with Crippen LogP contribution in [0.25, 0.3) is 22.3 Å². The van der Waals surface area contributed by atoms with Crippen LogP contribution in [0, 0.1) is 11.3 Å². The van der Waals surface area contributed by atoms with Gasteiger partial charge in [0.25, 0.3) is 0 Å². The van der Waals surface area contributed by atoms with E-state index in [1.165, 1.54) is 34.9 Å². The van der Waals surface area contributed by atoms with Crippen molar-refractivity contribution < 1.29 is 14.2 Å². The molecule has 3 heterocycles. The Morgan fingerprint density at radius 2 is 1.81 bits per heavy atom. The average Bonchev–Trinajstić information content (AvgIpc) is 3.60. The molecule has 12 heteroatoms. The molecule has 0 fully saturated rings. The molecule has 0 unspecified atom stereocenters. The number of thioether (sulfide) groups is 1. The third kappa shape index (κ3) is 5.20. The summed E-state index contributed by atoms with van der Waals surface area (Å²) in [5, 5.41) is 13.1. The molecular formula is C25H20N6O3S3. The highest BCUT2D eigenvalue weighted by Crippen LogP contribution is 2.43. The Bertz CT molecular complexity index is 1540. The van der Waals surface area contributed by atoms with E-state index < -0.39 is 0 Å². The van der Waals surface area contributed by atoms with Crippen LogP contribution in [-0.2, 0) is 5.75 Å². The van der Waals surface area contributed by atoms with Gasteiger partial charge in [-0.05, 0) is 36.0 Å². The maximum absolute atomic E-state index is 10.2. The molecule has 5 aromatic rings. The Kier molecular flexibility index (Phi) is 7.45. The summed E-state index contributed by atoms with van der Waals surface area (Å²) < 4.78 is 17.3. The first kappa shape index (κ1) is 24.9. The molecule has 0 aliphatic carbocycles. The van der Waals surface area contributed by atoms with Gasteiger partial charge in [-0.25, -0.2) is 19.9 Å². The number of nitrogens with one attached hydrogen (secondary N) is 1. The van der Waals surface area contributed by atoms with Gasteiger partial charge in [0.05, 0.1) is 43.8 Å². The number of rotatable bonds is 9. The van der Waals surface area contributed by atoms with Crippen LogP contribution < -0.4 is 14.2 Å². The number of benzene rings is 2. The highest BCUT2D eigenvalue weighted by Gasteiger charge is 2.22. The van der Waals surface area contributed by atoms with Crippen LogP contribution in [0.4, 0.5) is 0 Å². The monoisotopic (exact) mass is 548 g/mol. The minimum atomic E-state index is 0.336. The molecule has 0 aliphatic rings. The van der Waals surface area contributed by atoms with Crippen molar-refractivity contribution in [2.24, 2.45) is 0 Å². The maximum Gasteiger partial charge on any atom is 0.203 e. The Morgan fingerprint density at radius 3 is 2.46 bits per heavy atom. The normalized spacial score (nSPS) is 10.9. The second-order valence-electron chi connectivity index (χ2n) is 7.45. The van der Waals surface area contributed by atoms with Gasteiger partial charge in [0, 0.05) is 17.1 Å². The summed E-state index contributed by atoms with van der Waals surface area (Å²) in [5.74, 6) is 2.71. The van der Waals surface area contributed by atoms with Crippen LogP contribution in [0.15, 0.2) is 62.5 Å². The van der Waals surface area contributed by atoms with E-state index in [1.54, 1.807) is 39.7 Å². The van der Waals surface area contributed by atoms with E-state index >= 15 is 0 Å². The fraction of sp³-hybridized carbons (Fsp3) is 0.160. The first-order valence-electron chi connectivity index (χ1n) is 10.9. The summed E-state index contributed by atoms with van der Waals surface area (Å²) in [6.07, 6.45) is 1.72. The Balaban J connectivity index is 1.59. The number of para-hydroxylation sites is 2. The van der Waals surface area contributed by atoms with Crippen molar-refractivity contribution in [1.82, 2.24) is 24.9 Å². The smallest absolute Gasteiger partial charge is 0.203 e. The number of nitriles is 1. The second kappa shape index (κ2) is 11.1. The Morgan fingerprint density at radius 1 is 1.03 bits per heavy atom. The third-order valence-electron chi connectivity index (χ3n) is 5.28. The number of aromatic nitrogens is 5. The number of H-pyrrole nitrogens is 1. The summed E-state index contributed by atoms with van der Waals surface area (Å²) in [7, 11) is 4.64. The number of imidazole rings is 1. The molecule has 0 saturated carbocycles. The number of methoxy groups -OCH3 is 3. The van der Waals surface area contributed by atoms with Crippen LogP contribution in [0.1, 0.15) is 11.4 Å². The van der Waals surface area contributed by atoms with E-state index in [9.17, 15) is 5.26 Å². The minimum absolute atomic E-state index is 0.336. The topological polar surface area (TPSA) is 119 Å². The van der Waals surface area contributed by atoms with E-state index in [1.807, 2.05) is 29.6 Å². The number of thiazole rings is 1. The summed E-state index contributed by atoms with van der Waals surface area (Å²) >= 11 is 4.24. The zero-order chi connectivity index (χ0) is 25.8. The third-order valence-corrected chi connectivity index (χ3v) is 8.01. The van der Waals surface area contributed by atoms with Crippen LogP contribution in [-0.4, -0.2) is 46.2 Å². The first-order chi connectivity index (χ1) is 18.1. The molecule has 0 bridgehead atoms. The number of ether oxygens (including phenoxy) is 3. The van der Waals surface area contributed by atoms with Crippen molar-refractivity contribution >= 4 is 45.9 Å². The van der Waals surface area contributed by atoms with Crippen molar-refractivity contribution in [3.8, 4) is 34.6 Å². The zero-order valence-electron chi connectivity index (χ0n) is 20.0. The molecule has 0 amide bonds. The molecule has 3 aromatic heterocycles. The van der Waals surface area contributed by atoms with Crippen molar-refractivity contribution in [1.29, 1.82) is 5.26 Å². The number of hydrogen-bond acceptors (Lipinski definition) is 11. The minimum Gasteiger partial charge on any atom is -0.493 e.